The van der Waals surface area contributed by atoms with Crippen LogP contribution in [0.3, 0.4) is 0 Å². The van der Waals surface area contributed by atoms with Gasteiger partial charge in [0.2, 0.25) is 0 Å². The zero-order valence-corrected chi connectivity index (χ0v) is 10.4. The quantitative estimate of drug-likeness (QED) is 0.766. The molecule has 1 atom stereocenters. The number of rotatable bonds is 6. The van der Waals surface area contributed by atoms with Crippen molar-refractivity contribution in [3.05, 3.63) is 48.0 Å². The van der Waals surface area contributed by atoms with Crippen molar-refractivity contribution in [1.82, 2.24) is 5.32 Å². The van der Waals surface area contributed by atoms with Gasteiger partial charge in [0.15, 0.2) is 0 Å². The fraction of sp³-hybridized carbons (Fsp3) is 0.214. The van der Waals surface area contributed by atoms with Gasteiger partial charge in [0.25, 0.3) is 0 Å². The Hall–Kier alpha value is -2.01. The van der Waals surface area contributed by atoms with Gasteiger partial charge >= 0.3 is 111 Å². The number of carboxylic acids is 1. The first-order valence-corrected chi connectivity index (χ1v) is 6.08. The number of aliphatic carboxylic acids is 1. The maximum absolute atomic E-state index is 11.1. The number of carbonyl (C=O) groups is 1. The molecule has 2 aromatic rings. The molecule has 0 aliphatic carbocycles. The second kappa shape index (κ2) is 6.25. The molecule has 0 amide bonds. The average Bonchev–Trinajstić information content (AvgIpc) is 2.43. The van der Waals surface area contributed by atoms with Gasteiger partial charge in [0.05, 0.1) is 0 Å². The molecule has 0 heterocycles. The molecule has 0 unspecified atom stereocenters. The predicted octanol–water partition coefficient (Wildman–Crippen LogP) is 1.43. The van der Waals surface area contributed by atoms with Gasteiger partial charge in [-0.3, -0.25) is 0 Å². The van der Waals surface area contributed by atoms with Gasteiger partial charge < -0.3 is 0 Å². The molecular weight excluding hydrogens is 241 g/mol. The standard InChI is InChI=1S/C14H14BNO3/c17-14(18)13(16-9-15-19)8-10-5-6-11-3-1-2-4-12(11)7-10/h1-7,13,16H,8-9H2,(H,17,18)/t13-/m0/s1. The van der Waals surface area contributed by atoms with E-state index in [1.807, 2.05) is 42.5 Å². The van der Waals surface area contributed by atoms with Crippen LogP contribution in [0, 0.1) is 0 Å². The van der Waals surface area contributed by atoms with E-state index in [2.05, 4.69) is 5.32 Å². The first-order chi connectivity index (χ1) is 9.20. The second-order valence-corrected chi connectivity index (χ2v) is 4.35. The third-order valence-electron chi connectivity index (χ3n) is 3.00. The molecule has 0 aromatic heterocycles. The molecule has 0 fully saturated rings. The van der Waals surface area contributed by atoms with Gasteiger partial charge in [-0.05, 0) is 0 Å². The Balaban J connectivity index is 2.18. The van der Waals surface area contributed by atoms with Gasteiger partial charge in [-0.15, -0.1) is 0 Å². The van der Waals surface area contributed by atoms with Crippen molar-refractivity contribution in [3.8, 4) is 0 Å². The van der Waals surface area contributed by atoms with Crippen LogP contribution in [0.5, 0.6) is 0 Å². The molecule has 0 aliphatic rings. The van der Waals surface area contributed by atoms with Gasteiger partial charge in [-0.1, -0.05) is 0 Å². The third kappa shape index (κ3) is 3.48. The van der Waals surface area contributed by atoms with Crippen molar-refractivity contribution in [2.75, 3.05) is 6.44 Å². The van der Waals surface area contributed by atoms with Crippen LogP contribution in [-0.2, 0) is 15.9 Å². The number of fused-ring (bicyclic) bond motifs is 1. The van der Waals surface area contributed by atoms with Gasteiger partial charge in [0.1, 0.15) is 0 Å². The van der Waals surface area contributed by atoms with Crippen LogP contribution in [-0.4, -0.2) is 30.7 Å². The number of nitrogens with one attached hydrogen (secondary N) is 1. The summed E-state index contributed by atoms with van der Waals surface area (Å²) in [6.07, 6.45) is 0.401. The van der Waals surface area contributed by atoms with E-state index in [0.717, 1.165) is 16.3 Å². The first-order valence-electron chi connectivity index (χ1n) is 6.08. The van der Waals surface area contributed by atoms with E-state index >= 15 is 0 Å². The monoisotopic (exact) mass is 255 g/mol. The molecule has 19 heavy (non-hydrogen) atoms. The Kier molecular flexibility index (Phi) is 4.41. The zero-order chi connectivity index (χ0) is 13.7. The summed E-state index contributed by atoms with van der Waals surface area (Å²) < 4.78 is 10.3. The summed E-state index contributed by atoms with van der Waals surface area (Å²) in [5.41, 5.74) is 0.935. The number of carboxylic acid groups (broad SMARTS) is 1. The number of hydrogen-bond acceptors (Lipinski definition) is 3. The topological polar surface area (TPSA) is 66.4 Å². The molecule has 2 aromatic carbocycles. The molecule has 96 valence electrons. The van der Waals surface area contributed by atoms with E-state index in [9.17, 15) is 9.50 Å². The van der Waals surface area contributed by atoms with E-state index < -0.39 is 12.0 Å². The molecule has 0 saturated carbocycles. The number of benzene rings is 2. The van der Waals surface area contributed by atoms with Crippen LogP contribution in [0.4, 0.5) is 0 Å². The van der Waals surface area contributed by atoms with E-state index in [0.29, 0.717) is 13.6 Å². The Morgan fingerprint density at radius 3 is 2.63 bits per heavy atom. The van der Waals surface area contributed by atoms with Crippen molar-refractivity contribution in [3.63, 3.8) is 0 Å². The van der Waals surface area contributed by atoms with E-state index in [1.54, 1.807) is 0 Å². The molecular formula is C14H14BNO3. The zero-order valence-electron chi connectivity index (χ0n) is 10.4. The van der Waals surface area contributed by atoms with E-state index in [-0.39, 0.29) is 6.44 Å². The minimum absolute atomic E-state index is 0.0462. The molecule has 5 heteroatoms. The minimum atomic E-state index is -0.949. The summed E-state index contributed by atoms with van der Waals surface area (Å²) in [4.78, 5) is 11.1. The summed E-state index contributed by atoms with van der Waals surface area (Å²) in [6, 6.07) is 13.1. The van der Waals surface area contributed by atoms with E-state index in [1.165, 1.54) is 0 Å². The maximum atomic E-state index is 11.1. The van der Waals surface area contributed by atoms with Crippen molar-refractivity contribution < 1.29 is 14.6 Å². The predicted molar refractivity (Wildman–Crippen MR) is 73.5 cm³/mol. The van der Waals surface area contributed by atoms with Gasteiger partial charge in [-0.2, -0.15) is 0 Å². The molecule has 0 radical (unpaired) electrons. The fourth-order valence-electron chi connectivity index (χ4n) is 2.04. The number of hydrogen-bond donors (Lipinski definition) is 2. The molecule has 0 saturated heterocycles. The second-order valence-electron chi connectivity index (χ2n) is 4.35. The summed E-state index contributed by atoms with van der Waals surface area (Å²) in [6.45, 7) is 0. The van der Waals surface area contributed by atoms with E-state index in [4.69, 9.17) is 5.11 Å². The van der Waals surface area contributed by atoms with Crippen molar-refractivity contribution >= 4 is 23.9 Å². The summed E-state index contributed by atoms with van der Waals surface area (Å²) >= 11 is 0. The fourth-order valence-corrected chi connectivity index (χ4v) is 2.04. The third-order valence-corrected chi connectivity index (χ3v) is 3.00. The van der Waals surface area contributed by atoms with Crippen LogP contribution < -0.4 is 5.32 Å². The summed E-state index contributed by atoms with van der Waals surface area (Å²) in [7, 11) is 0.663. The summed E-state index contributed by atoms with van der Waals surface area (Å²) in [5.74, 6) is -0.949. The van der Waals surface area contributed by atoms with Crippen molar-refractivity contribution in [1.29, 1.82) is 0 Å². The molecule has 0 aliphatic heterocycles. The average molecular weight is 255 g/mol. The molecule has 4 nitrogen and oxygen atoms in total. The van der Waals surface area contributed by atoms with Crippen LogP contribution in [0.15, 0.2) is 42.5 Å². The van der Waals surface area contributed by atoms with Gasteiger partial charge in [0, 0.05) is 0 Å². The summed E-state index contributed by atoms with van der Waals surface area (Å²) in [5, 5.41) is 14.0. The van der Waals surface area contributed by atoms with Crippen LogP contribution in [0.1, 0.15) is 5.56 Å². The SMILES string of the molecule is O=BCN[C@@H](Cc1ccc2ccccc2c1)C(=O)O. The van der Waals surface area contributed by atoms with Gasteiger partial charge in [-0.25, -0.2) is 0 Å². The molecule has 2 N–H and O–H groups in total. The Morgan fingerprint density at radius 2 is 1.95 bits per heavy atom. The van der Waals surface area contributed by atoms with Crippen LogP contribution in [0.25, 0.3) is 10.8 Å². The first kappa shape index (κ1) is 13.4. The van der Waals surface area contributed by atoms with Crippen molar-refractivity contribution in [2.24, 2.45) is 0 Å². The molecule has 0 bridgehead atoms. The normalized spacial score (nSPS) is 12.0. The van der Waals surface area contributed by atoms with Crippen LogP contribution >= 0.6 is 0 Å². The Morgan fingerprint density at radius 1 is 1.21 bits per heavy atom. The van der Waals surface area contributed by atoms with Crippen LogP contribution in [0.2, 0.25) is 0 Å². The Bertz CT molecular complexity index is 600. The molecule has 0 spiro atoms. The van der Waals surface area contributed by atoms with Crippen molar-refractivity contribution in [2.45, 2.75) is 12.5 Å². The Labute approximate surface area is 111 Å². The molecule has 2 rings (SSSR count).